The van der Waals surface area contributed by atoms with Gasteiger partial charge in [0, 0.05) is 56.0 Å². The van der Waals surface area contributed by atoms with Crippen LogP contribution in [-0.2, 0) is 5.41 Å². The lowest BCUT2D eigenvalue weighted by Crippen LogP contribution is -2.27. The number of unbranched alkanes of at least 4 members (excludes halogenated alkanes) is 2. The fraction of sp³-hybridized carbons (Fsp3) is 0.226. The number of hydrogen-bond acceptors (Lipinski definition) is 2. The number of para-hydroxylation sites is 4. The maximum atomic E-state index is 2.42. The third kappa shape index (κ3) is 8.37. The van der Waals surface area contributed by atoms with E-state index in [1.165, 1.54) is 113 Å². The van der Waals surface area contributed by atoms with Gasteiger partial charge in [0.15, 0.2) is 0 Å². The van der Waals surface area contributed by atoms with Crippen LogP contribution >= 0.6 is 0 Å². The fourth-order valence-electron chi connectivity index (χ4n) is 10.9. The van der Waals surface area contributed by atoms with Crippen molar-refractivity contribution in [2.24, 2.45) is 0 Å². The van der Waals surface area contributed by atoms with Gasteiger partial charge < -0.3 is 14.4 Å². The van der Waals surface area contributed by atoms with Crippen LogP contribution in [0.1, 0.15) is 101 Å². The van der Waals surface area contributed by atoms with E-state index in [9.17, 15) is 0 Å². The summed E-state index contributed by atoms with van der Waals surface area (Å²) < 4.78 is 2.39. The highest BCUT2D eigenvalue weighted by Crippen LogP contribution is 2.45. The SMILES string of the molecule is CCCCCC(CC)(c1ccc(N(c2ccccc2)c2ccc(C3CCCCC3)cc2)cc1)c1ccc(N(c2ccccc2)c2ccc3c(c2)c2ccccc2n3-c2ccccc2)cc1. The molecule has 9 aromatic rings. The molecule has 1 fully saturated rings. The molecule has 1 heterocycles. The second-order valence-electron chi connectivity index (χ2n) is 18.1. The summed E-state index contributed by atoms with van der Waals surface area (Å²) in [6.07, 6.45) is 12.4. The van der Waals surface area contributed by atoms with Gasteiger partial charge >= 0.3 is 0 Å². The zero-order valence-electron chi connectivity index (χ0n) is 38.1. The molecule has 1 saturated carbocycles. The Balaban J connectivity index is 1.01. The van der Waals surface area contributed by atoms with Crippen LogP contribution in [-0.4, -0.2) is 4.57 Å². The number of aromatic nitrogens is 1. The standard InChI is InChI=1S/C62H61N3/c1-3-5-20-45-62(4-2,49-33-39-55(40-34-49)63(51-23-12-7-13-24-51)54-37-31-48(32-38-54)47-21-10-6-11-22-47)50-35-41-56(42-36-50)64(52-25-14-8-15-26-52)57-43-44-61-59(46-57)58-29-18-19-30-60(58)65(61)53-27-16-9-17-28-53/h7-9,12-19,23-44,46-47H,3-6,10-11,20-22,45H2,1-2H3. The van der Waals surface area contributed by atoms with Gasteiger partial charge in [-0.25, -0.2) is 0 Å². The van der Waals surface area contributed by atoms with Gasteiger partial charge in [0.25, 0.3) is 0 Å². The summed E-state index contributed by atoms with van der Waals surface area (Å²) in [5, 5.41) is 2.49. The van der Waals surface area contributed by atoms with Gasteiger partial charge in [-0.05, 0) is 145 Å². The van der Waals surface area contributed by atoms with Crippen LogP contribution in [0, 0.1) is 0 Å². The Morgan fingerprint density at radius 2 is 0.923 bits per heavy atom. The van der Waals surface area contributed by atoms with Gasteiger partial charge in [0.1, 0.15) is 0 Å². The summed E-state index contributed by atoms with van der Waals surface area (Å²) in [5.41, 5.74) is 14.7. The molecule has 1 aliphatic rings. The topological polar surface area (TPSA) is 11.4 Å². The Bertz CT molecular complexity index is 2930. The van der Waals surface area contributed by atoms with Gasteiger partial charge in [-0.15, -0.1) is 0 Å². The van der Waals surface area contributed by atoms with E-state index in [1.54, 1.807) is 0 Å². The van der Waals surface area contributed by atoms with Crippen molar-refractivity contribution < 1.29 is 0 Å². The molecule has 65 heavy (non-hydrogen) atoms. The van der Waals surface area contributed by atoms with Crippen LogP contribution in [0.25, 0.3) is 27.5 Å². The van der Waals surface area contributed by atoms with Crippen molar-refractivity contribution in [2.75, 3.05) is 9.80 Å². The molecule has 3 heteroatoms. The molecule has 0 N–H and O–H groups in total. The average molecular weight is 848 g/mol. The second-order valence-corrected chi connectivity index (χ2v) is 18.1. The molecule has 1 aromatic heterocycles. The molecule has 0 aliphatic heterocycles. The van der Waals surface area contributed by atoms with Gasteiger partial charge in [-0.2, -0.15) is 0 Å². The summed E-state index contributed by atoms with van der Waals surface area (Å²) in [6, 6.07) is 76.7. The number of hydrogen-bond donors (Lipinski definition) is 0. The second kappa shape index (κ2) is 19.1. The van der Waals surface area contributed by atoms with Gasteiger partial charge in [-0.1, -0.05) is 162 Å². The van der Waals surface area contributed by atoms with Crippen LogP contribution < -0.4 is 9.80 Å². The van der Waals surface area contributed by atoms with Crippen LogP contribution in [0.4, 0.5) is 34.1 Å². The number of fused-ring (bicyclic) bond motifs is 3. The quantitative estimate of drug-likeness (QED) is 0.0952. The lowest BCUT2D eigenvalue weighted by molar-refractivity contribution is 0.431. The molecular weight excluding hydrogens is 787 g/mol. The Hall–Kier alpha value is -6.84. The molecule has 3 nitrogen and oxygen atoms in total. The molecule has 0 amide bonds. The van der Waals surface area contributed by atoms with E-state index >= 15 is 0 Å². The Labute approximate surface area is 386 Å². The summed E-state index contributed by atoms with van der Waals surface area (Å²) in [6.45, 7) is 4.70. The largest absolute Gasteiger partial charge is 0.311 e. The summed E-state index contributed by atoms with van der Waals surface area (Å²) in [4.78, 5) is 4.83. The van der Waals surface area contributed by atoms with Gasteiger partial charge in [-0.3, -0.25) is 0 Å². The van der Waals surface area contributed by atoms with Crippen molar-refractivity contribution in [3.8, 4) is 5.69 Å². The van der Waals surface area contributed by atoms with E-state index in [0.29, 0.717) is 5.92 Å². The zero-order valence-corrected chi connectivity index (χ0v) is 38.1. The zero-order chi connectivity index (χ0) is 44.0. The van der Waals surface area contributed by atoms with Crippen molar-refractivity contribution in [2.45, 2.75) is 89.4 Å². The average Bonchev–Trinajstić information content (AvgIpc) is 3.71. The predicted octanol–water partition coefficient (Wildman–Crippen LogP) is 18.0. The third-order valence-corrected chi connectivity index (χ3v) is 14.4. The molecule has 0 saturated heterocycles. The first-order chi connectivity index (χ1) is 32.1. The number of nitrogens with zero attached hydrogens (tertiary/aromatic N) is 3. The Morgan fingerprint density at radius 3 is 1.49 bits per heavy atom. The molecule has 324 valence electrons. The van der Waals surface area contributed by atoms with E-state index in [-0.39, 0.29) is 5.41 Å². The van der Waals surface area contributed by atoms with E-state index in [2.05, 4.69) is 234 Å². The first-order valence-corrected chi connectivity index (χ1v) is 24.3. The maximum absolute atomic E-state index is 2.42. The minimum atomic E-state index is -0.124. The van der Waals surface area contributed by atoms with E-state index in [0.717, 1.165) is 29.9 Å². The van der Waals surface area contributed by atoms with E-state index in [4.69, 9.17) is 0 Å². The molecule has 0 bridgehead atoms. The summed E-state index contributed by atoms with van der Waals surface area (Å²) in [5.74, 6) is 0.691. The van der Waals surface area contributed by atoms with E-state index in [1.807, 2.05) is 0 Å². The van der Waals surface area contributed by atoms with Crippen molar-refractivity contribution in [3.05, 3.63) is 223 Å². The van der Waals surface area contributed by atoms with Crippen molar-refractivity contribution in [3.63, 3.8) is 0 Å². The Morgan fingerprint density at radius 1 is 0.446 bits per heavy atom. The van der Waals surface area contributed by atoms with Crippen molar-refractivity contribution >= 4 is 55.9 Å². The van der Waals surface area contributed by atoms with Crippen LogP contribution in [0.5, 0.6) is 0 Å². The van der Waals surface area contributed by atoms with Crippen molar-refractivity contribution in [1.82, 2.24) is 4.57 Å². The van der Waals surface area contributed by atoms with Crippen LogP contribution in [0.2, 0.25) is 0 Å². The van der Waals surface area contributed by atoms with Crippen molar-refractivity contribution in [1.29, 1.82) is 0 Å². The van der Waals surface area contributed by atoms with Gasteiger partial charge in [0.05, 0.1) is 11.0 Å². The Kier molecular flexibility index (Phi) is 12.4. The normalized spacial score (nSPS) is 14.1. The summed E-state index contributed by atoms with van der Waals surface area (Å²) >= 11 is 0. The molecule has 1 aliphatic carbocycles. The predicted molar refractivity (Wildman–Crippen MR) is 278 cm³/mol. The first-order valence-electron chi connectivity index (χ1n) is 24.3. The van der Waals surface area contributed by atoms with Crippen LogP contribution in [0.3, 0.4) is 0 Å². The molecule has 0 radical (unpaired) electrons. The monoisotopic (exact) mass is 847 g/mol. The molecular formula is C62H61N3. The molecule has 8 aromatic carbocycles. The first kappa shape index (κ1) is 42.1. The highest BCUT2D eigenvalue weighted by atomic mass is 15.1. The maximum Gasteiger partial charge on any atom is 0.0542 e. The lowest BCUT2D eigenvalue weighted by atomic mass is 9.69. The number of rotatable bonds is 15. The van der Waals surface area contributed by atoms with E-state index < -0.39 is 0 Å². The minimum absolute atomic E-state index is 0.124. The smallest absolute Gasteiger partial charge is 0.0542 e. The molecule has 10 rings (SSSR count). The van der Waals surface area contributed by atoms with Crippen LogP contribution in [0.15, 0.2) is 206 Å². The molecule has 0 spiro atoms. The summed E-state index contributed by atoms with van der Waals surface area (Å²) in [7, 11) is 0. The highest BCUT2D eigenvalue weighted by molar-refractivity contribution is 6.10. The fourth-order valence-corrected chi connectivity index (χ4v) is 10.9. The lowest BCUT2D eigenvalue weighted by Gasteiger charge is -2.36. The third-order valence-electron chi connectivity index (χ3n) is 14.4. The minimum Gasteiger partial charge on any atom is -0.311 e. The highest BCUT2D eigenvalue weighted by Gasteiger charge is 2.33. The number of benzene rings is 8. The molecule has 1 atom stereocenters. The molecule has 1 unspecified atom stereocenters. The number of anilines is 6. The van der Waals surface area contributed by atoms with Gasteiger partial charge in [0.2, 0.25) is 0 Å².